The molecule has 0 spiro atoms. The van der Waals surface area contributed by atoms with Gasteiger partial charge in [-0.1, -0.05) is 29.3 Å². The standard InChI is InChI=1S/C12H8Cl2N2O2/c13-9-4-3-8(10(14)6-9)7-15-16-12(17)11-2-1-5-18-11/h1-7H,(H,16,17). The van der Waals surface area contributed by atoms with E-state index in [1.807, 2.05) is 0 Å². The van der Waals surface area contributed by atoms with Crippen LogP contribution in [0.15, 0.2) is 46.1 Å². The van der Waals surface area contributed by atoms with Crippen LogP contribution in [0.3, 0.4) is 0 Å². The van der Waals surface area contributed by atoms with E-state index in [1.54, 1.807) is 30.3 Å². The van der Waals surface area contributed by atoms with E-state index in [4.69, 9.17) is 27.6 Å². The van der Waals surface area contributed by atoms with Crippen molar-refractivity contribution in [3.8, 4) is 0 Å². The molecule has 0 aliphatic rings. The van der Waals surface area contributed by atoms with Gasteiger partial charge >= 0.3 is 5.91 Å². The SMILES string of the molecule is O=C(NN=Cc1ccc(Cl)cc1Cl)c1ccco1. The Morgan fingerprint density at radius 2 is 2.17 bits per heavy atom. The molecule has 1 amide bonds. The van der Waals surface area contributed by atoms with Crippen molar-refractivity contribution in [1.82, 2.24) is 5.43 Å². The number of nitrogens with one attached hydrogen (secondary N) is 1. The fourth-order valence-electron chi connectivity index (χ4n) is 1.23. The molecule has 1 aromatic carbocycles. The average Bonchev–Trinajstić information content (AvgIpc) is 2.85. The second-order valence-electron chi connectivity index (χ2n) is 3.34. The summed E-state index contributed by atoms with van der Waals surface area (Å²) in [6.45, 7) is 0. The van der Waals surface area contributed by atoms with Gasteiger partial charge in [-0.2, -0.15) is 5.10 Å². The second kappa shape index (κ2) is 5.71. The predicted octanol–water partition coefficient (Wildman–Crippen LogP) is 3.35. The number of furan rings is 1. The van der Waals surface area contributed by atoms with Crippen molar-refractivity contribution in [3.05, 3.63) is 58.0 Å². The molecule has 92 valence electrons. The Bertz CT molecular complexity index is 580. The Morgan fingerprint density at radius 3 is 2.83 bits per heavy atom. The molecule has 0 aliphatic heterocycles. The van der Waals surface area contributed by atoms with Gasteiger partial charge in [0.05, 0.1) is 17.5 Å². The number of amides is 1. The van der Waals surface area contributed by atoms with Crippen molar-refractivity contribution in [1.29, 1.82) is 0 Å². The van der Waals surface area contributed by atoms with Crippen molar-refractivity contribution < 1.29 is 9.21 Å². The van der Waals surface area contributed by atoms with Gasteiger partial charge in [0.15, 0.2) is 5.76 Å². The Morgan fingerprint density at radius 1 is 1.33 bits per heavy atom. The Labute approximate surface area is 113 Å². The van der Waals surface area contributed by atoms with Gasteiger partial charge in [0.25, 0.3) is 0 Å². The summed E-state index contributed by atoms with van der Waals surface area (Å²) in [6.07, 6.45) is 2.84. The summed E-state index contributed by atoms with van der Waals surface area (Å²) in [4.78, 5) is 11.5. The highest BCUT2D eigenvalue weighted by molar-refractivity contribution is 6.36. The van der Waals surface area contributed by atoms with Gasteiger partial charge in [0, 0.05) is 10.6 Å². The first-order valence-corrected chi connectivity index (χ1v) is 5.74. The number of hydrogen-bond donors (Lipinski definition) is 1. The zero-order chi connectivity index (χ0) is 13.0. The third-order valence-corrected chi connectivity index (χ3v) is 2.64. The van der Waals surface area contributed by atoms with E-state index >= 15 is 0 Å². The predicted molar refractivity (Wildman–Crippen MR) is 70.2 cm³/mol. The molecule has 1 N–H and O–H groups in total. The summed E-state index contributed by atoms with van der Waals surface area (Å²) in [5.74, 6) is -0.240. The van der Waals surface area contributed by atoms with E-state index in [2.05, 4.69) is 10.5 Å². The minimum absolute atomic E-state index is 0.189. The molecule has 18 heavy (non-hydrogen) atoms. The summed E-state index contributed by atoms with van der Waals surface area (Å²) >= 11 is 11.7. The average molecular weight is 283 g/mol. The molecule has 0 bridgehead atoms. The van der Waals surface area contributed by atoms with Crippen molar-refractivity contribution in [3.63, 3.8) is 0 Å². The number of nitrogens with zero attached hydrogens (tertiary/aromatic N) is 1. The topological polar surface area (TPSA) is 54.6 Å². The quantitative estimate of drug-likeness (QED) is 0.693. The Kier molecular flexibility index (Phi) is 4.02. The lowest BCUT2D eigenvalue weighted by Crippen LogP contribution is -2.16. The number of benzene rings is 1. The van der Waals surface area contributed by atoms with Gasteiger partial charge in [-0.3, -0.25) is 4.79 Å². The molecule has 0 fully saturated rings. The molecule has 2 rings (SSSR count). The third-order valence-electron chi connectivity index (χ3n) is 2.08. The molecular weight excluding hydrogens is 275 g/mol. The number of hydrogen-bond acceptors (Lipinski definition) is 3. The third kappa shape index (κ3) is 3.12. The highest BCUT2D eigenvalue weighted by Gasteiger charge is 2.06. The number of carbonyl (C=O) groups is 1. The fourth-order valence-corrected chi connectivity index (χ4v) is 1.69. The Balaban J connectivity index is 2.01. The smallest absolute Gasteiger partial charge is 0.307 e. The van der Waals surface area contributed by atoms with Crippen LogP contribution in [0.5, 0.6) is 0 Å². The van der Waals surface area contributed by atoms with Crippen molar-refractivity contribution in [2.75, 3.05) is 0 Å². The van der Waals surface area contributed by atoms with Crippen LogP contribution < -0.4 is 5.43 Å². The first kappa shape index (κ1) is 12.7. The highest BCUT2D eigenvalue weighted by Crippen LogP contribution is 2.19. The largest absolute Gasteiger partial charge is 0.459 e. The zero-order valence-electron chi connectivity index (χ0n) is 9.06. The van der Waals surface area contributed by atoms with Crippen LogP contribution >= 0.6 is 23.2 Å². The van der Waals surface area contributed by atoms with Gasteiger partial charge in [-0.15, -0.1) is 0 Å². The van der Waals surface area contributed by atoms with Crippen LogP contribution in [-0.4, -0.2) is 12.1 Å². The maximum Gasteiger partial charge on any atom is 0.307 e. The van der Waals surface area contributed by atoms with E-state index in [0.29, 0.717) is 15.6 Å². The van der Waals surface area contributed by atoms with Crippen LogP contribution in [0.4, 0.5) is 0 Å². The normalized spacial score (nSPS) is 10.8. The molecule has 0 aliphatic carbocycles. The maximum atomic E-state index is 11.5. The van der Waals surface area contributed by atoms with Crippen LogP contribution in [0, 0.1) is 0 Å². The maximum absolute atomic E-state index is 11.5. The highest BCUT2D eigenvalue weighted by atomic mass is 35.5. The molecule has 0 atom stereocenters. The summed E-state index contributed by atoms with van der Waals surface area (Å²) in [6, 6.07) is 8.14. The molecule has 0 saturated carbocycles. The molecule has 4 nitrogen and oxygen atoms in total. The molecule has 0 unspecified atom stereocenters. The molecule has 1 aromatic heterocycles. The van der Waals surface area contributed by atoms with Crippen LogP contribution in [0.2, 0.25) is 10.0 Å². The zero-order valence-corrected chi connectivity index (χ0v) is 10.6. The first-order valence-electron chi connectivity index (χ1n) is 4.99. The fraction of sp³-hybridized carbons (Fsp3) is 0. The van der Waals surface area contributed by atoms with E-state index < -0.39 is 5.91 Å². The summed E-state index contributed by atoms with van der Waals surface area (Å²) in [5.41, 5.74) is 2.97. The van der Waals surface area contributed by atoms with Crippen LogP contribution in [0.1, 0.15) is 16.1 Å². The molecular formula is C12H8Cl2N2O2. The number of carbonyl (C=O) groups excluding carboxylic acids is 1. The number of halogens is 2. The summed E-state index contributed by atoms with van der Waals surface area (Å²) < 4.78 is 4.91. The van der Waals surface area contributed by atoms with E-state index in [1.165, 1.54) is 12.5 Å². The van der Waals surface area contributed by atoms with E-state index in [9.17, 15) is 4.79 Å². The van der Waals surface area contributed by atoms with Gasteiger partial charge in [0.2, 0.25) is 0 Å². The summed E-state index contributed by atoms with van der Waals surface area (Å²) in [7, 11) is 0. The summed E-state index contributed by atoms with van der Waals surface area (Å²) in [5, 5.41) is 4.77. The molecule has 0 saturated heterocycles. The Hall–Kier alpha value is -1.78. The minimum Gasteiger partial charge on any atom is -0.459 e. The lowest BCUT2D eigenvalue weighted by atomic mass is 10.2. The van der Waals surface area contributed by atoms with Crippen LogP contribution in [-0.2, 0) is 0 Å². The van der Waals surface area contributed by atoms with Crippen molar-refractivity contribution in [2.24, 2.45) is 5.10 Å². The van der Waals surface area contributed by atoms with Gasteiger partial charge in [-0.25, -0.2) is 5.43 Å². The van der Waals surface area contributed by atoms with Crippen molar-refractivity contribution >= 4 is 35.3 Å². The van der Waals surface area contributed by atoms with Gasteiger partial charge < -0.3 is 4.42 Å². The minimum atomic E-state index is -0.429. The van der Waals surface area contributed by atoms with Crippen molar-refractivity contribution in [2.45, 2.75) is 0 Å². The van der Waals surface area contributed by atoms with Crippen LogP contribution in [0.25, 0.3) is 0 Å². The van der Waals surface area contributed by atoms with Gasteiger partial charge in [0.1, 0.15) is 0 Å². The van der Waals surface area contributed by atoms with E-state index in [-0.39, 0.29) is 5.76 Å². The molecule has 6 heteroatoms. The lowest BCUT2D eigenvalue weighted by Gasteiger charge is -1.98. The first-order chi connectivity index (χ1) is 8.66. The molecule has 1 heterocycles. The number of hydrazone groups is 1. The lowest BCUT2D eigenvalue weighted by molar-refractivity contribution is 0.0927. The second-order valence-corrected chi connectivity index (χ2v) is 4.19. The molecule has 0 radical (unpaired) electrons. The number of rotatable bonds is 3. The molecule has 2 aromatic rings. The van der Waals surface area contributed by atoms with E-state index in [0.717, 1.165) is 0 Å². The monoisotopic (exact) mass is 282 g/mol. The van der Waals surface area contributed by atoms with Gasteiger partial charge in [-0.05, 0) is 24.3 Å².